The standard InChI is InChI=1S/C25H30N6O3.C21H22ClN5O3.C21H23N5O4S/c1-29(2)15-7-10-21(32)30(3)16-17-31-24(26)22(25(27)33)23(28-31)18-11-13-20(14-12-18)34-19-8-5-4-6-9-19;1-26(17(28)13-22)11-12-27-20(23)18(21(24)29)19(25-27)14-7-9-16(10-8-14)30-15-5-3-2-4-6-15;1-3-31(28,29)25(2)13-14-26-20(22)18(21(23)27)19(24-26)15-9-11-17(12-10-15)30-16-7-5-4-6-8-16/h4-14H,15-17,26H2,1-3H3,(H2,27,33);2-10H,11-13,23H2,1H3,(H2,24,29);3-12H,1,13-14,22H2,2H3,(H2,23,27)/b10-7+;;. The van der Waals surface area contributed by atoms with Crippen LogP contribution < -0.4 is 48.6 Å². The fourth-order valence-electron chi connectivity index (χ4n) is 9.00. The summed E-state index contributed by atoms with van der Waals surface area (Å²) in [6.45, 7) is 5.47. The number of nitrogen functional groups attached to an aromatic ring is 3. The third kappa shape index (κ3) is 19.4. The van der Waals surface area contributed by atoms with E-state index in [4.69, 9.17) is 60.2 Å². The second kappa shape index (κ2) is 33.4. The van der Waals surface area contributed by atoms with E-state index in [0.29, 0.717) is 95.2 Å². The number of aromatic nitrogens is 6. The van der Waals surface area contributed by atoms with Crippen LogP contribution in [0.15, 0.2) is 188 Å². The molecule has 3 heterocycles. The number of carbonyl (C=O) groups is 5. The Hall–Kier alpha value is -11.3. The molecule has 0 aliphatic carbocycles. The molecular formula is C67H75ClN16O10S. The van der Waals surface area contributed by atoms with Gasteiger partial charge in [-0.05, 0) is 123 Å². The van der Waals surface area contributed by atoms with Crippen LogP contribution in [-0.4, -0.2) is 154 Å². The Morgan fingerprint density at radius 2 is 0.789 bits per heavy atom. The van der Waals surface area contributed by atoms with Crippen molar-refractivity contribution >= 4 is 68.6 Å². The molecule has 9 aromatic rings. The molecule has 0 aliphatic heterocycles. The first-order chi connectivity index (χ1) is 45.4. The highest BCUT2D eigenvalue weighted by Gasteiger charge is 2.26. The zero-order valence-electron chi connectivity index (χ0n) is 53.0. The molecule has 95 heavy (non-hydrogen) atoms. The largest absolute Gasteiger partial charge is 0.457 e. The molecule has 26 nitrogen and oxygen atoms in total. The van der Waals surface area contributed by atoms with E-state index in [2.05, 4.69) is 21.9 Å². The van der Waals surface area contributed by atoms with Gasteiger partial charge in [-0.1, -0.05) is 67.3 Å². The SMILES string of the molecule is C=CS(=O)(=O)N(C)CCn1nc(-c2ccc(Oc3ccccc3)cc2)c(C(N)=O)c1N.CN(C)C/C=C/C(=O)N(C)CCn1nc(-c2ccc(Oc3ccccc3)cc2)c(C(N)=O)c1N.CN(CCn1nc(-c2ccc(Oc3ccccc3)cc2)c(C(N)=O)c1N)C(=O)CCl. The second-order valence-corrected chi connectivity index (χ2v) is 23.6. The first-order valence-electron chi connectivity index (χ1n) is 29.3. The van der Waals surface area contributed by atoms with Crippen LogP contribution in [0.3, 0.4) is 0 Å². The van der Waals surface area contributed by atoms with Gasteiger partial charge in [0.15, 0.2) is 0 Å². The molecule has 0 saturated carbocycles. The van der Waals surface area contributed by atoms with Gasteiger partial charge in [-0.25, -0.2) is 22.5 Å². The van der Waals surface area contributed by atoms with Gasteiger partial charge in [0.2, 0.25) is 21.8 Å². The molecule has 6 aromatic carbocycles. The Morgan fingerprint density at radius 1 is 0.484 bits per heavy atom. The first-order valence-corrected chi connectivity index (χ1v) is 31.4. The maximum Gasteiger partial charge on any atom is 0.254 e. The van der Waals surface area contributed by atoms with E-state index in [-0.39, 0.29) is 64.9 Å². The highest BCUT2D eigenvalue weighted by Crippen LogP contribution is 2.33. The first kappa shape index (κ1) is 71.2. The Bertz CT molecular complexity index is 4240. The number of amides is 5. The van der Waals surface area contributed by atoms with Gasteiger partial charge in [0.25, 0.3) is 17.7 Å². The van der Waals surface area contributed by atoms with Crippen molar-refractivity contribution in [1.29, 1.82) is 0 Å². The fraction of sp³-hybridized carbons (Fsp3) is 0.194. The van der Waals surface area contributed by atoms with Crippen LogP contribution in [0.1, 0.15) is 31.1 Å². The van der Waals surface area contributed by atoms with Gasteiger partial charge < -0.3 is 63.3 Å². The number of ether oxygens (including phenoxy) is 3. The summed E-state index contributed by atoms with van der Waals surface area (Å²) in [5.74, 6) is 1.87. The van der Waals surface area contributed by atoms with Crippen molar-refractivity contribution in [3.63, 3.8) is 0 Å². The number of likely N-dealkylation sites (N-methyl/N-ethyl adjacent to an activating group) is 4. The predicted molar refractivity (Wildman–Crippen MR) is 367 cm³/mol. The maximum absolute atomic E-state index is 12.3. The van der Waals surface area contributed by atoms with E-state index in [9.17, 15) is 32.4 Å². The van der Waals surface area contributed by atoms with Gasteiger partial charge in [-0.15, -0.1) is 11.6 Å². The van der Waals surface area contributed by atoms with Crippen LogP contribution in [-0.2, 0) is 39.2 Å². The van der Waals surface area contributed by atoms with Crippen molar-refractivity contribution < 1.29 is 46.6 Å². The number of sulfonamides is 1. The molecule has 0 spiro atoms. The maximum atomic E-state index is 12.3. The summed E-state index contributed by atoms with van der Waals surface area (Å²) in [5.41, 5.74) is 38.5. The van der Waals surface area contributed by atoms with Crippen LogP contribution >= 0.6 is 11.6 Å². The average molecular weight is 1330 g/mol. The molecule has 0 saturated heterocycles. The summed E-state index contributed by atoms with van der Waals surface area (Å²) < 4.78 is 46.5. The van der Waals surface area contributed by atoms with E-state index in [1.165, 1.54) is 32.1 Å². The molecule has 0 aliphatic rings. The van der Waals surface area contributed by atoms with Crippen molar-refractivity contribution in [1.82, 2.24) is 48.3 Å². The number of hydrogen-bond donors (Lipinski definition) is 6. The van der Waals surface area contributed by atoms with Gasteiger partial charge in [0, 0.05) is 75.5 Å². The Balaban J connectivity index is 0.000000202. The number of anilines is 3. The van der Waals surface area contributed by atoms with Crippen molar-refractivity contribution in [3.05, 3.63) is 205 Å². The third-order valence-electron chi connectivity index (χ3n) is 14.2. The number of hydrogen-bond acceptors (Lipinski definition) is 17. The number of halogens is 1. The normalized spacial score (nSPS) is 11.1. The molecule has 0 bridgehead atoms. The van der Waals surface area contributed by atoms with E-state index in [0.717, 1.165) is 15.5 Å². The molecule has 0 radical (unpaired) electrons. The zero-order valence-corrected chi connectivity index (χ0v) is 54.6. The van der Waals surface area contributed by atoms with E-state index >= 15 is 0 Å². The monoisotopic (exact) mass is 1330 g/mol. The van der Waals surface area contributed by atoms with Crippen molar-refractivity contribution in [3.8, 4) is 68.3 Å². The van der Waals surface area contributed by atoms with Crippen molar-refractivity contribution in [2.45, 2.75) is 19.6 Å². The topological polar surface area (TPSA) is 370 Å². The van der Waals surface area contributed by atoms with Crippen molar-refractivity contribution in [2.75, 3.05) is 84.5 Å². The molecule has 0 atom stereocenters. The smallest absolute Gasteiger partial charge is 0.254 e. The molecule has 3 aromatic heterocycles. The number of primary amides is 3. The summed E-state index contributed by atoms with van der Waals surface area (Å²) in [6, 6.07) is 49.4. The van der Waals surface area contributed by atoms with Gasteiger partial charge in [-0.3, -0.25) is 24.0 Å². The minimum Gasteiger partial charge on any atom is -0.457 e. The number of benzene rings is 6. The Labute approximate surface area is 555 Å². The highest BCUT2D eigenvalue weighted by molar-refractivity contribution is 7.92. The molecule has 496 valence electrons. The molecular weight excluding hydrogens is 1260 g/mol. The predicted octanol–water partition coefficient (Wildman–Crippen LogP) is 7.75. The summed E-state index contributed by atoms with van der Waals surface area (Å²) in [5, 5.41) is 14.2. The molecule has 0 unspecified atom stereocenters. The Kier molecular flexibility index (Phi) is 25.0. The average Bonchev–Trinajstić information content (AvgIpc) is 1.67. The van der Waals surface area contributed by atoms with Gasteiger partial charge in [0.05, 0.1) is 19.6 Å². The third-order valence-corrected chi connectivity index (χ3v) is 15.9. The summed E-state index contributed by atoms with van der Waals surface area (Å²) in [6.07, 6.45) is 3.33. The molecule has 28 heteroatoms. The second-order valence-electron chi connectivity index (χ2n) is 21.3. The summed E-state index contributed by atoms with van der Waals surface area (Å²) >= 11 is 5.56. The van der Waals surface area contributed by atoms with Crippen LogP contribution in [0.2, 0.25) is 0 Å². The lowest BCUT2D eigenvalue weighted by Crippen LogP contribution is -2.31. The lowest BCUT2D eigenvalue weighted by atomic mass is 10.1. The molecule has 9 rings (SSSR count). The Morgan fingerprint density at radius 3 is 1.08 bits per heavy atom. The van der Waals surface area contributed by atoms with Gasteiger partial charge >= 0.3 is 0 Å². The van der Waals surface area contributed by atoms with Gasteiger partial charge in [0.1, 0.15) is 91.6 Å². The molecule has 12 N–H and O–H groups in total. The number of carbonyl (C=O) groups excluding carboxylic acids is 5. The van der Waals surface area contributed by atoms with Gasteiger partial charge in [-0.2, -0.15) is 19.6 Å². The number of alkyl halides is 1. The van der Waals surface area contributed by atoms with Crippen LogP contribution in [0.25, 0.3) is 33.8 Å². The lowest BCUT2D eigenvalue weighted by molar-refractivity contribution is -0.127. The van der Waals surface area contributed by atoms with Crippen LogP contribution in [0, 0.1) is 0 Å². The summed E-state index contributed by atoms with van der Waals surface area (Å²) in [4.78, 5) is 65.1. The molecule has 0 fully saturated rings. The van der Waals surface area contributed by atoms with E-state index < -0.39 is 27.7 Å². The number of para-hydroxylation sites is 3. The van der Waals surface area contributed by atoms with Crippen LogP contribution in [0.5, 0.6) is 34.5 Å². The fourth-order valence-corrected chi connectivity index (χ4v) is 9.79. The minimum atomic E-state index is -3.57. The zero-order chi connectivity index (χ0) is 68.9. The van der Waals surface area contributed by atoms with Crippen LogP contribution in [0.4, 0.5) is 17.5 Å². The number of rotatable bonds is 27. The highest BCUT2D eigenvalue weighted by atomic mass is 35.5. The quantitative estimate of drug-likeness (QED) is 0.0212. The lowest BCUT2D eigenvalue weighted by Gasteiger charge is -2.15. The van der Waals surface area contributed by atoms with E-state index in [1.54, 1.807) is 97.9 Å². The summed E-state index contributed by atoms with van der Waals surface area (Å²) in [7, 11) is 5.02. The number of nitrogens with two attached hydrogens (primary N) is 6. The van der Waals surface area contributed by atoms with E-state index in [1.807, 2.05) is 110 Å². The number of nitrogens with zero attached hydrogens (tertiary/aromatic N) is 10. The minimum absolute atomic E-state index is 0.0662. The molecule has 5 amide bonds. The van der Waals surface area contributed by atoms with Crippen molar-refractivity contribution in [2.24, 2.45) is 17.2 Å².